The maximum Gasteiger partial charge on any atom is 0.237 e. The van der Waals surface area contributed by atoms with Crippen molar-refractivity contribution >= 4 is 15.7 Å². The van der Waals surface area contributed by atoms with E-state index in [0.717, 1.165) is 0 Å². The van der Waals surface area contributed by atoms with Gasteiger partial charge in [-0.1, -0.05) is 0 Å². The second-order valence-corrected chi connectivity index (χ2v) is 4.74. The molecule has 0 aromatic rings. The summed E-state index contributed by atoms with van der Waals surface area (Å²) in [6.07, 6.45) is 0. The number of hydrogen-bond acceptors (Lipinski definition) is 4. The molecule has 0 spiro atoms. The molecule has 1 amide bonds. The molecule has 0 radical (unpaired) electrons. The molecule has 0 aromatic carbocycles. The predicted octanol–water partition coefficient (Wildman–Crippen LogP) is -2.14. The fraction of sp³-hybridized carbons (Fsp3) is 0.800. The zero-order chi connectivity index (χ0) is 8.48. The third-order valence-electron chi connectivity index (χ3n) is 1.48. The molecule has 11 heavy (non-hydrogen) atoms. The molecule has 0 aliphatic carbocycles. The maximum atomic E-state index is 11.0. The van der Waals surface area contributed by atoms with Gasteiger partial charge in [-0.05, 0) is 0 Å². The molecule has 5 nitrogen and oxygen atoms in total. The summed E-state index contributed by atoms with van der Waals surface area (Å²) in [6, 6.07) is -0.900. The Balaban J connectivity index is 2.79. The first-order valence-corrected chi connectivity index (χ1v) is 5.07. The van der Waals surface area contributed by atoms with E-state index in [-0.39, 0.29) is 24.0 Å². The number of amides is 1. The van der Waals surface area contributed by atoms with Crippen molar-refractivity contribution in [1.29, 1.82) is 0 Å². The number of rotatable bonds is 0. The molecule has 0 saturated carbocycles. The summed E-state index contributed by atoms with van der Waals surface area (Å²) >= 11 is 0. The average molecular weight is 178 g/mol. The molecule has 1 fully saturated rings. The van der Waals surface area contributed by atoms with Gasteiger partial charge in [-0.3, -0.25) is 4.79 Å². The molecule has 0 aromatic heterocycles. The lowest BCUT2D eigenvalue weighted by molar-refractivity contribution is -0.121. The highest BCUT2D eigenvalue weighted by molar-refractivity contribution is 7.91. The van der Waals surface area contributed by atoms with Crippen molar-refractivity contribution in [3.63, 3.8) is 0 Å². The fourth-order valence-electron chi connectivity index (χ4n) is 0.893. The van der Waals surface area contributed by atoms with Gasteiger partial charge in [-0.15, -0.1) is 0 Å². The summed E-state index contributed by atoms with van der Waals surface area (Å²) in [5, 5.41) is 2.41. The number of hydrogen-bond donors (Lipinski definition) is 2. The van der Waals surface area contributed by atoms with Gasteiger partial charge in [0.15, 0.2) is 9.84 Å². The average Bonchev–Trinajstić information content (AvgIpc) is 1.93. The Morgan fingerprint density at radius 1 is 1.55 bits per heavy atom. The Kier molecular flexibility index (Phi) is 2.15. The van der Waals surface area contributed by atoms with Gasteiger partial charge in [0, 0.05) is 6.54 Å². The van der Waals surface area contributed by atoms with E-state index in [9.17, 15) is 13.2 Å². The van der Waals surface area contributed by atoms with Gasteiger partial charge >= 0.3 is 0 Å². The standard InChI is InChI=1S/C5H10N2O3S/c6-4-3-11(9,10)2-1-7-5(4)8/h4H,1-3,6H2,(H,7,8)/t4-/m0/s1. The zero-order valence-corrected chi connectivity index (χ0v) is 6.73. The van der Waals surface area contributed by atoms with E-state index in [1.165, 1.54) is 0 Å². The lowest BCUT2D eigenvalue weighted by Gasteiger charge is -2.03. The molecular weight excluding hydrogens is 168 g/mol. The summed E-state index contributed by atoms with van der Waals surface area (Å²) in [7, 11) is -3.11. The van der Waals surface area contributed by atoms with Crippen LogP contribution in [0.5, 0.6) is 0 Å². The van der Waals surface area contributed by atoms with Crippen LogP contribution in [0.25, 0.3) is 0 Å². The minimum absolute atomic E-state index is 0.00750. The van der Waals surface area contributed by atoms with Crippen LogP contribution >= 0.6 is 0 Å². The van der Waals surface area contributed by atoms with Crippen LogP contribution < -0.4 is 11.1 Å². The van der Waals surface area contributed by atoms with Crippen molar-refractivity contribution < 1.29 is 13.2 Å². The third-order valence-corrected chi connectivity index (χ3v) is 3.18. The Labute approximate surface area is 64.9 Å². The third kappa shape index (κ3) is 2.16. The van der Waals surface area contributed by atoms with E-state index in [1.807, 2.05) is 0 Å². The highest BCUT2D eigenvalue weighted by atomic mass is 32.2. The predicted molar refractivity (Wildman–Crippen MR) is 39.6 cm³/mol. The smallest absolute Gasteiger partial charge is 0.237 e. The number of carbonyl (C=O) groups excluding carboxylic acids is 1. The first-order valence-electron chi connectivity index (χ1n) is 3.25. The molecule has 0 bridgehead atoms. The molecule has 1 saturated heterocycles. The van der Waals surface area contributed by atoms with Gasteiger partial charge in [0.1, 0.15) is 0 Å². The number of sulfone groups is 1. The SMILES string of the molecule is N[C@H]1CS(=O)(=O)CCNC1=O. The number of nitrogens with one attached hydrogen (secondary N) is 1. The van der Waals surface area contributed by atoms with E-state index in [0.29, 0.717) is 0 Å². The van der Waals surface area contributed by atoms with E-state index >= 15 is 0 Å². The second kappa shape index (κ2) is 2.78. The first kappa shape index (κ1) is 8.48. The molecule has 1 rings (SSSR count). The Morgan fingerprint density at radius 3 is 2.82 bits per heavy atom. The van der Waals surface area contributed by atoms with Crippen LogP contribution in [0.4, 0.5) is 0 Å². The van der Waals surface area contributed by atoms with Crippen LogP contribution in [0, 0.1) is 0 Å². The molecule has 1 aliphatic rings. The molecule has 6 heteroatoms. The molecule has 1 atom stereocenters. The lowest BCUT2D eigenvalue weighted by atomic mass is 10.3. The van der Waals surface area contributed by atoms with E-state index < -0.39 is 15.9 Å². The van der Waals surface area contributed by atoms with Crippen molar-refractivity contribution in [3.8, 4) is 0 Å². The monoisotopic (exact) mass is 178 g/mol. The molecular formula is C5H10N2O3S. The van der Waals surface area contributed by atoms with Gasteiger partial charge in [0.2, 0.25) is 5.91 Å². The Hall–Kier alpha value is -0.620. The zero-order valence-electron chi connectivity index (χ0n) is 5.91. The summed E-state index contributed by atoms with van der Waals surface area (Å²) < 4.78 is 21.9. The van der Waals surface area contributed by atoms with Crippen molar-refractivity contribution in [2.24, 2.45) is 5.73 Å². The highest BCUT2D eigenvalue weighted by Gasteiger charge is 2.25. The number of carbonyl (C=O) groups is 1. The minimum Gasteiger partial charge on any atom is -0.354 e. The van der Waals surface area contributed by atoms with E-state index in [4.69, 9.17) is 5.73 Å². The summed E-state index contributed by atoms with van der Waals surface area (Å²) in [6.45, 7) is 0.175. The van der Waals surface area contributed by atoms with Crippen LogP contribution in [0.15, 0.2) is 0 Å². The number of nitrogens with two attached hydrogens (primary N) is 1. The largest absolute Gasteiger partial charge is 0.354 e. The van der Waals surface area contributed by atoms with Gasteiger partial charge < -0.3 is 11.1 Å². The van der Waals surface area contributed by atoms with Crippen LogP contribution in [0.2, 0.25) is 0 Å². The maximum absolute atomic E-state index is 11.0. The van der Waals surface area contributed by atoms with E-state index in [2.05, 4.69) is 5.32 Å². The fourth-order valence-corrected chi connectivity index (χ4v) is 2.17. The minimum atomic E-state index is -3.11. The van der Waals surface area contributed by atoms with Gasteiger partial charge in [0.25, 0.3) is 0 Å². The van der Waals surface area contributed by atoms with E-state index in [1.54, 1.807) is 0 Å². The molecule has 3 N–H and O–H groups in total. The van der Waals surface area contributed by atoms with Gasteiger partial charge in [0.05, 0.1) is 17.5 Å². The van der Waals surface area contributed by atoms with Crippen molar-refractivity contribution in [2.75, 3.05) is 18.1 Å². The quantitative estimate of drug-likeness (QED) is 0.443. The second-order valence-electron chi connectivity index (χ2n) is 2.51. The van der Waals surface area contributed by atoms with Crippen LogP contribution in [-0.4, -0.2) is 38.4 Å². The Bertz CT molecular complexity index is 259. The topological polar surface area (TPSA) is 89.3 Å². The van der Waals surface area contributed by atoms with Gasteiger partial charge in [-0.2, -0.15) is 0 Å². The summed E-state index contributed by atoms with van der Waals surface area (Å²) in [4.78, 5) is 10.8. The first-order chi connectivity index (χ1) is 5.01. The van der Waals surface area contributed by atoms with Crippen molar-refractivity contribution in [3.05, 3.63) is 0 Å². The molecule has 64 valence electrons. The van der Waals surface area contributed by atoms with Crippen LogP contribution in [-0.2, 0) is 14.6 Å². The lowest BCUT2D eigenvalue weighted by Crippen LogP contribution is -2.41. The normalized spacial score (nSPS) is 30.6. The van der Waals surface area contributed by atoms with Crippen molar-refractivity contribution in [1.82, 2.24) is 5.32 Å². The molecule has 1 heterocycles. The summed E-state index contributed by atoms with van der Waals surface area (Å²) in [5.74, 6) is -0.628. The van der Waals surface area contributed by atoms with Crippen molar-refractivity contribution in [2.45, 2.75) is 6.04 Å². The van der Waals surface area contributed by atoms with Crippen LogP contribution in [0.1, 0.15) is 0 Å². The van der Waals surface area contributed by atoms with Gasteiger partial charge in [-0.25, -0.2) is 8.42 Å². The molecule has 0 unspecified atom stereocenters. The Morgan fingerprint density at radius 2 is 2.18 bits per heavy atom. The summed E-state index contributed by atoms with van der Waals surface area (Å²) in [5.41, 5.74) is 5.26. The highest BCUT2D eigenvalue weighted by Crippen LogP contribution is 1.96. The van der Waals surface area contributed by atoms with Crippen LogP contribution in [0.3, 0.4) is 0 Å². The molecule has 1 aliphatic heterocycles.